The number of piperazine rings is 1. The summed E-state index contributed by atoms with van der Waals surface area (Å²) in [6.07, 6.45) is 0. The third kappa shape index (κ3) is 2.78. The lowest BCUT2D eigenvalue weighted by Gasteiger charge is -2.37. The molecule has 1 aromatic carbocycles. The minimum Gasteiger partial charge on any atom is -0.368 e. The van der Waals surface area contributed by atoms with E-state index in [-0.39, 0.29) is 5.82 Å². The molecule has 1 unspecified atom stereocenters. The molecule has 1 heterocycles. The Balaban J connectivity index is 2.18. The van der Waals surface area contributed by atoms with E-state index < -0.39 is 0 Å². The first-order chi connectivity index (χ1) is 8.08. The SMILES string of the molecule is Cc1ccc(F)cc1N1CCNC(C(C)C)C1. The van der Waals surface area contributed by atoms with Crippen LogP contribution in [-0.2, 0) is 0 Å². The highest BCUT2D eigenvalue weighted by atomic mass is 19.1. The van der Waals surface area contributed by atoms with Crippen molar-refractivity contribution in [2.45, 2.75) is 26.8 Å². The van der Waals surface area contributed by atoms with Crippen molar-refractivity contribution in [2.75, 3.05) is 24.5 Å². The molecule has 0 amide bonds. The van der Waals surface area contributed by atoms with Crippen LogP contribution in [0.25, 0.3) is 0 Å². The molecule has 1 fully saturated rings. The quantitative estimate of drug-likeness (QED) is 0.849. The highest BCUT2D eigenvalue weighted by molar-refractivity contribution is 5.53. The summed E-state index contributed by atoms with van der Waals surface area (Å²) in [6.45, 7) is 9.37. The summed E-state index contributed by atoms with van der Waals surface area (Å²) in [7, 11) is 0. The van der Waals surface area contributed by atoms with Gasteiger partial charge < -0.3 is 10.2 Å². The maximum Gasteiger partial charge on any atom is 0.125 e. The van der Waals surface area contributed by atoms with Crippen molar-refractivity contribution >= 4 is 5.69 Å². The zero-order valence-corrected chi connectivity index (χ0v) is 10.8. The monoisotopic (exact) mass is 236 g/mol. The van der Waals surface area contributed by atoms with Gasteiger partial charge in [0.05, 0.1) is 0 Å². The van der Waals surface area contributed by atoms with Crippen molar-refractivity contribution in [1.29, 1.82) is 0 Å². The van der Waals surface area contributed by atoms with E-state index in [1.807, 2.05) is 13.0 Å². The molecule has 17 heavy (non-hydrogen) atoms. The minimum absolute atomic E-state index is 0.148. The van der Waals surface area contributed by atoms with E-state index >= 15 is 0 Å². The number of nitrogens with zero attached hydrogens (tertiary/aromatic N) is 1. The van der Waals surface area contributed by atoms with E-state index in [1.165, 1.54) is 6.07 Å². The summed E-state index contributed by atoms with van der Waals surface area (Å²) in [6, 6.07) is 5.53. The van der Waals surface area contributed by atoms with Crippen LogP contribution in [0.3, 0.4) is 0 Å². The molecular formula is C14H21FN2. The molecule has 1 atom stereocenters. The number of hydrogen-bond donors (Lipinski definition) is 1. The highest BCUT2D eigenvalue weighted by Gasteiger charge is 2.22. The molecule has 0 radical (unpaired) electrons. The second-order valence-corrected chi connectivity index (χ2v) is 5.18. The van der Waals surface area contributed by atoms with Crippen molar-refractivity contribution in [3.05, 3.63) is 29.6 Å². The summed E-state index contributed by atoms with van der Waals surface area (Å²) in [5, 5.41) is 3.52. The first kappa shape index (κ1) is 12.4. The second-order valence-electron chi connectivity index (χ2n) is 5.18. The zero-order valence-electron chi connectivity index (χ0n) is 10.8. The molecule has 3 heteroatoms. The van der Waals surface area contributed by atoms with Gasteiger partial charge in [-0.25, -0.2) is 4.39 Å². The van der Waals surface area contributed by atoms with Crippen LogP contribution < -0.4 is 10.2 Å². The van der Waals surface area contributed by atoms with Crippen molar-refractivity contribution < 1.29 is 4.39 Å². The summed E-state index contributed by atoms with van der Waals surface area (Å²) in [5.41, 5.74) is 2.19. The van der Waals surface area contributed by atoms with Gasteiger partial charge in [0.15, 0.2) is 0 Å². The Morgan fingerprint density at radius 2 is 2.18 bits per heavy atom. The van der Waals surface area contributed by atoms with Gasteiger partial charge in [-0.1, -0.05) is 19.9 Å². The Kier molecular flexibility index (Phi) is 3.67. The Morgan fingerprint density at radius 3 is 2.88 bits per heavy atom. The first-order valence-corrected chi connectivity index (χ1v) is 6.32. The molecule has 0 bridgehead atoms. The summed E-state index contributed by atoms with van der Waals surface area (Å²) >= 11 is 0. The Bertz CT molecular complexity index is 390. The normalized spacial score (nSPS) is 21.0. The summed E-state index contributed by atoms with van der Waals surface area (Å²) < 4.78 is 13.3. The van der Waals surface area contributed by atoms with Gasteiger partial charge in [-0.15, -0.1) is 0 Å². The maximum atomic E-state index is 13.3. The van der Waals surface area contributed by atoms with Gasteiger partial charge >= 0.3 is 0 Å². The lowest BCUT2D eigenvalue weighted by Crippen LogP contribution is -2.53. The predicted molar refractivity (Wildman–Crippen MR) is 70.0 cm³/mol. The molecule has 1 N–H and O–H groups in total. The number of aryl methyl sites for hydroxylation is 1. The fraction of sp³-hybridized carbons (Fsp3) is 0.571. The average molecular weight is 236 g/mol. The lowest BCUT2D eigenvalue weighted by atomic mass is 10.0. The van der Waals surface area contributed by atoms with Crippen LogP contribution in [0, 0.1) is 18.7 Å². The Labute approximate surface area is 103 Å². The third-order valence-electron chi connectivity index (χ3n) is 3.52. The zero-order chi connectivity index (χ0) is 12.4. The van der Waals surface area contributed by atoms with Crippen LogP contribution in [0.4, 0.5) is 10.1 Å². The van der Waals surface area contributed by atoms with E-state index in [0.29, 0.717) is 12.0 Å². The van der Waals surface area contributed by atoms with Crippen molar-refractivity contribution in [3.63, 3.8) is 0 Å². The van der Waals surface area contributed by atoms with E-state index in [9.17, 15) is 4.39 Å². The number of anilines is 1. The van der Waals surface area contributed by atoms with Crippen LogP contribution in [0.15, 0.2) is 18.2 Å². The molecule has 94 valence electrons. The molecule has 1 saturated heterocycles. The number of rotatable bonds is 2. The van der Waals surface area contributed by atoms with Gasteiger partial charge in [-0.3, -0.25) is 0 Å². The smallest absolute Gasteiger partial charge is 0.125 e. The largest absolute Gasteiger partial charge is 0.368 e. The highest BCUT2D eigenvalue weighted by Crippen LogP contribution is 2.23. The Morgan fingerprint density at radius 1 is 1.41 bits per heavy atom. The van der Waals surface area contributed by atoms with E-state index in [0.717, 1.165) is 30.9 Å². The maximum absolute atomic E-state index is 13.3. The van der Waals surface area contributed by atoms with Gasteiger partial charge in [-0.2, -0.15) is 0 Å². The molecule has 2 nitrogen and oxygen atoms in total. The van der Waals surface area contributed by atoms with E-state index in [4.69, 9.17) is 0 Å². The first-order valence-electron chi connectivity index (χ1n) is 6.32. The predicted octanol–water partition coefficient (Wildman–Crippen LogP) is 2.57. The molecule has 1 aromatic rings. The summed E-state index contributed by atoms with van der Waals surface area (Å²) in [5.74, 6) is 0.455. The van der Waals surface area contributed by atoms with Gasteiger partial charge in [0.1, 0.15) is 5.82 Å². The van der Waals surface area contributed by atoms with Crippen LogP contribution in [0.5, 0.6) is 0 Å². The van der Waals surface area contributed by atoms with Crippen molar-refractivity contribution in [2.24, 2.45) is 5.92 Å². The van der Waals surface area contributed by atoms with Crippen LogP contribution >= 0.6 is 0 Å². The molecule has 1 aliphatic rings. The molecular weight excluding hydrogens is 215 g/mol. The Hall–Kier alpha value is -1.09. The lowest BCUT2D eigenvalue weighted by molar-refractivity contribution is 0.368. The van der Waals surface area contributed by atoms with Gasteiger partial charge in [0.25, 0.3) is 0 Å². The average Bonchev–Trinajstić information content (AvgIpc) is 2.32. The standard InChI is InChI=1S/C14H21FN2/c1-10(2)13-9-17(7-6-16-13)14-8-12(15)5-4-11(14)3/h4-5,8,10,13,16H,6-7,9H2,1-3H3. The van der Waals surface area contributed by atoms with Gasteiger partial charge in [0.2, 0.25) is 0 Å². The van der Waals surface area contributed by atoms with Gasteiger partial charge in [-0.05, 0) is 30.5 Å². The topological polar surface area (TPSA) is 15.3 Å². The summed E-state index contributed by atoms with van der Waals surface area (Å²) in [4.78, 5) is 2.29. The minimum atomic E-state index is -0.148. The number of nitrogens with one attached hydrogen (secondary N) is 1. The van der Waals surface area contributed by atoms with E-state index in [1.54, 1.807) is 6.07 Å². The molecule has 0 aromatic heterocycles. The second kappa shape index (κ2) is 5.05. The molecule has 0 aliphatic carbocycles. The molecule has 1 aliphatic heterocycles. The fourth-order valence-electron chi connectivity index (χ4n) is 2.37. The molecule has 2 rings (SSSR count). The van der Waals surface area contributed by atoms with Gasteiger partial charge in [0, 0.05) is 31.4 Å². The van der Waals surface area contributed by atoms with Crippen LogP contribution in [0.2, 0.25) is 0 Å². The number of benzene rings is 1. The van der Waals surface area contributed by atoms with Crippen LogP contribution in [-0.4, -0.2) is 25.7 Å². The molecule has 0 saturated carbocycles. The third-order valence-corrected chi connectivity index (χ3v) is 3.52. The van der Waals surface area contributed by atoms with Crippen LogP contribution in [0.1, 0.15) is 19.4 Å². The number of hydrogen-bond acceptors (Lipinski definition) is 2. The molecule has 0 spiro atoms. The fourth-order valence-corrected chi connectivity index (χ4v) is 2.37. The number of halogens is 1. The van der Waals surface area contributed by atoms with Crippen molar-refractivity contribution in [3.8, 4) is 0 Å². The van der Waals surface area contributed by atoms with E-state index in [2.05, 4.69) is 24.1 Å². The van der Waals surface area contributed by atoms with Crippen molar-refractivity contribution in [1.82, 2.24) is 5.32 Å².